The zero-order valence-electron chi connectivity index (χ0n) is 18.8. The highest BCUT2D eigenvalue weighted by Gasteiger charge is 2.42. The molecule has 2 unspecified atom stereocenters. The SMILES string of the molecule is O=C(NC1COCC1C(=O)N1CCCC[C@H]1C(=O)O)OCC1c2ccccc2-c2ccccc21. The van der Waals surface area contributed by atoms with Gasteiger partial charge in [-0.15, -0.1) is 0 Å². The monoisotopic (exact) mass is 464 g/mol. The Morgan fingerprint density at radius 1 is 1.00 bits per heavy atom. The van der Waals surface area contributed by atoms with Gasteiger partial charge in [-0.3, -0.25) is 4.79 Å². The number of aliphatic carboxylic acids is 1. The Labute approximate surface area is 197 Å². The molecular weight excluding hydrogens is 436 g/mol. The molecule has 2 amide bonds. The van der Waals surface area contributed by atoms with E-state index in [0.717, 1.165) is 35.1 Å². The van der Waals surface area contributed by atoms with Crippen molar-refractivity contribution in [1.29, 1.82) is 0 Å². The fraction of sp³-hybridized carbons (Fsp3) is 0.423. The first-order valence-electron chi connectivity index (χ1n) is 11.8. The van der Waals surface area contributed by atoms with E-state index in [2.05, 4.69) is 29.6 Å². The molecule has 2 aliphatic heterocycles. The Balaban J connectivity index is 1.23. The summed E-state index contributed by atoms with van der Waals surface area (Å²) in [6.45, 7) is 0.922. The number of likely N-dealkylation sites (tertiary alicyclic amines) is 1. The van der Waals surface area contributed by atoms with Gasteiger partial charge in [0.05, 0.1) is 25.2 Å². The van der Waals surface area contributed by atoms with Crippen molar-refractivity contribution in [2.45, 2.75) is 37.3 Å². The van der Waals surface area contributed by atoms with Crippen LogP contribution < -0.4 is 5.32 Å². The number of rotatable bonds is 5. The molecule has 1 aliphatic carbocycles. The van der Waals surface area contributed by atoms with Gasteiger partial charge in [0, 0.05) is 12.5 Å². The first-order chi connectivity index (χ1) is 16.5. The van der Waals surface area contributed by atoms with E-state index in [4.69, 9.17) is 9.47 Å². The number of carboxylic acid groups (broad SMARTS) is 1. The van der Waals surface area contributed by atoms with Crippen molar-refractivity contribution < 1.29 is 29.0 Å². The molecule has 34 heavy (non-hydrogen) atoms. The number of nitrogens with zero attached hydrogens (tertiary/aromatic N) is 1. The standard InChI is InChI=1S/C26H28N2O6/c29-24(28-12-6-5-11-23(28)25(30)31)21-13-33-15-22(21)27-26(32)34-14-20-18-9-3-1-7-16(18)17-8-2-4-10-19(17)20/h1-4,7-10,20-23H,5-6,11-15H2,(H,27,32)(H,30,31)/t21?,22?,23-/m0/s1. The van der Waals surface area contributed by atoms with Crippen LogP contribution in [0.1, 0.15) is 36.3 Å². The Hall–Kier alpha value is -3.39. The lowest BCUT2D eigenvalue weighted by molar-refractivity contribution is -0.154. The van der Waals surface area contributed by atoms with Gasteiger partial charge in [0.25, 0.3) is 0 Å². The summed E-state index contributed by atoms with van der Waals surface area (Å²) >= 11 is 0. The van der Waals surface area contributed by atoms with Crippen molar-refractivity contribution in [2.75, 3.05) is 26.4 Å². The number of nitrogens with one attached hydrogen (secondary N) is 1. The summed E-state index contributed by atoms with van der Waals surface area (Å²) in [6, 6.07) is 14.8. The number of amides is 2. The molecule has 8 nitrogen and oxygen atoms in total. The average molecular weight is 465 g/mol. The number of hydrogen-bond acceptors (Lipinski definition) is 5. The van der Waals surface area contributed by atoms with Gasteiger partial charge in [0.1, 0.15) is 12.6 Å². The third kappa shape index (κ3) is 4.14. The maximum Gasteiger partial charge on any atom is 0.407 e. The smallest absolute Gasteiger partial charge is 0.407 e. The van der Waals surface area contributed by atoms with Gasteiger partial charge in [-0.2, -0.15) is 0 Å². The van der Waals surface area contributed by atoms with Crippen LogP contribution in [-0.2, 0) is 19.1 Å². The third-order valence-electron chi connectivity index (χ3n) is 7.12. The van der Waals surface area contributed by atoms with Crippen LogP contribution in [-0.4, -0.2) is 66.4 Å². The van der Waals surface area contributed by atoms with Crippen molar-refractivity contribution in [3.8, 4) is 11.1 Å². The molecular formula is C26H28N2O6. The largest absolute Gasteiger partial charge is 0.480 e. The molecule has 3 aliphatic rings. The van der Waals surface area contributed by atoms with Crippen LogP contribution in [0, 0.1) is 5.92 Å². The summed E-state index contributed by atoms with van der Waals surface area (Å²) < 4.78 is 11.1. The van der Waals surface area contributed by atoms with E-state index >= 15 is 0 Å². The van der Waals surface area contributed by atoms with Gasteiger partial charge in [-0.25, -0.2) is 9.59 Å². The van der Waals surface area contributed by atoms with Gasteiger partial charge in [0.15, 0.2) is 0 Å². The first-order valence-corrected chi connectivity index (χ1v) is 11.8. The van der Waals surface area contributed by atoms with Crippen LogP contribution >= 0.6 is 0 Å². The van der Waals surface area contributed by atoms with Gasteiger partial charge in [0.2, 0.25) is 5.91 Å². The second-order valence-electron chi connectivity index (χ2n) is 9.10. The molecule has 3 atom stereocenters. The van der Waals surface area contributed by atoms with E-state index in [-0.39, 0.29) is 31.6 Å². The second-order valence-corrected chi connectivity index (χ2v) is 9.10. The van der Waals surface area contributed by atoms with Gasteiger partial charge < -0.3 is 24.8 Å². The highest BCUT2D eigenvalue weighted by Crippen LogP contribution is 2.44. The minimum Gasteiger partial charge on any atom is -0.480 e. The number of carbonyl (C=O) groups is 3. The Bertz CT molecular complexity index is 1060. The van der Waals surface area contributed by atoms with Gasteiger partial charge >= 0.3 is 12.1 Å². The van der Waals surface area contributed by atoms with E-state index in [9.17, 15) is 19.5 Å². The molecule has 2 fully saturated rings. The van der Waals surface area contributed by atoms with Crippen LogP contribution in [0.5, 0.6) is 0 Å². The molecule has 2 N–H and O–H groups in total. The number of piperidine rings is 1. The number of hydrogen-bond donors (Lipinski definition) is 2. The van der Waals surface area contributed by atoms with Crippen molar-refractivity contribution >= 4 is 18.0 Å². The Morgan fingerprint density at radius 2 is 1.68 bits per heavy atom. The van der Waals surface area contributed by atoms with E-state index in [1.54, 1.807) is 0 Å². The van der Waals surface area contributed by atoms with Crippen molar-refractivity contribution in [3.63, 3.8) is 0 Å². The molecule has 0 aromatic heterocycles. The maximum atomic E-state index is 13.1. The lowest BCUT2D eigenvalue weighted by atomic mass is 9.96. The molecule has 0 radical (unpaired) electrons. The predicted octanol–water partition coefficient (Wildman–Crippen LogP) is 3.01. The number of carboxylic acids is 1. The van der Waals surface area contributed by atoms with Crippen LogP contribution in [0.4, 0.5) is 4.79 Å². The zero-order valence-corrected chi connectivity index (χ0v) is 18.8. The van der Waals surface area contributed by atoms with E-state index in [1.807, 2.05) is 24.3 Å². The lowest BCUT2D eigenvalue weighted by Gasteiger charge is -2.35. The van der Waals surface area contributed by atoms with Gasteiger partial charge in [-0.1, -0.05) is 48.5 Å². The molecule has 2 aromatic carbocycles. The third-order valence-corrected chi connectivity index (χ3v) is 7.12. The minimum absolute atomic E-state index is 0.0555. The molecule has 5 rings (SSSR count). The fourth-order valence-corrected chi connectivity index (χ4v) is 5.40. The molecule has 2 saturated heterocycles. The second kappa shape index (κ2) is 9.46. The van der Waals surface area contributed by atoms with Crippen molar-refractivity contribution in [3.05, 3.63) is 59.7 Å². The number of alkyl carbamates (subject to hydrolysis) is 1. The van der Waals surface area contributed by atoms with Gasteiger partial charge in [-0.05, 0) is 41.5 Å². The van der Waals surface area contributed by atoms with Crippen molar-refractivity contribution in [1.82, 2.24) is 10.2 Å². The molecule has 2 heterocycles. The molecule has 0 spiro atoms. The number of fused-ring (bicyclic) bond motifs is 3. The molecule has 8 heteroatoms. The average Bonchev–Trinajstić information content (AvgIpc) is 3.44. The summed E-state index contributed by atoms with van der Waals surface area (Å²) in [6.07, 6.45) is 1.39. The Morgan fingerprint density at radius 3 is 2.35 bits per heavy atom. The van der Waals surface area contributed by atoms with Crippen LogP contribution in [0.3, 0.4) is 0 Å². The van der Waals surface area contributed by atoms with E-state index in [0.29, 0.717) is 13.0 Å². The molecule has 0 bridgehead atoms. The molecule has 178 valence electrons. The number of benzene rings is 2. The van der Waals surface area contributed by atoms with Crippen LogP contribution in [0.25, 0.3) is 11.1 Å². The maximum absolute atomic E-state index is 13.1. The minimum atomic E-state index is -0.993. The number of ether oxygens (including phenoxy) is 2. The zero-order chi connectivity index (χ0) is 23.7. The fourth-order valence-electron chi connectivity index (χ4n) is 5.40. The highest BCUT2D eigenvalue weighted by atomic mass is 16.5. The lowest BCUT2D eigenvalue weighted by Crippen LogP contribution is -2.54. The quantitative estimate of drug-likeness (QED) is 0.705. The summed E-state index contributed by atoms with van der Waals surface area (Å²) in [5, 5.41) is 12.3. The van der Waals surface area contributed by atoms with Crippen LogP contribution in [0.15, 0.2) is 48.5 Å². The Kier molecular flexibility index (Phi) is 6.24. The summed E-state index contributed by atoms with van der Waals surface area (Å²) in [5.41, 5.74) is 4.55. The highest BCUT2D eigenvalue weighted by molar-refractivity contribution is 5.86. The van der Waals surface area contributed by atoms with Crippen LogP contribution in [0.2, 0.25) is 0 Å². The predicted molar refractivity (Wildman–Crippen MR) is 123 cm³/mol. The van der Waals surface area contributed by atoms with E-state index < -0.39 is 30.1 Å². The summed E-state index contributed by atoms with van der Waals surface area (Å²) in [7, 11) is 0. The van der Waals surface area contributed by atoms with E-state index in [1.165, 1.54) is 4.90 Å². The van der Waals surface area contributed by atoms with Crippen molar-refractivity contribution in [2.24, 2.45) is 5.92 Å². The molecule has 0 saturated carbocycles. The summed E-state index contributed by atoms with van der Waals surface area (Å²) in [4.78, 5) is 38.9. The normalized spacial score (nSPS) is 23.8. The number of carbonyl (C=O) groups excluding carboxylic acids is 2. The topological polar surface area (TPSA) is 105 Å². The molecule has 2 aromatic rings. The summed E-state index contributed by atoms with van der Waals surface area (Å²) in [5.74, 6) is -1.96. The first kappa shape index (κ1) is 22.4.